The number of allylic oxidation sites excluding steroid dienone is 2. The number of primary amides is 1. The van der Waals surface area contributed by atoms with Gasteiger partial charge >= 0.3 is 19.5 Å². The van der Waals surface area contributed by atoms with E-state index in [2.05, 4.69) is 26.9 Å². The minimum Gasteiger partial charge on any atom is -0.438 e. The van der Waals surface area contributed by atoms with Gasteiger partial charge in [-0.05, 0) is 135 Å². The van der Waals surface area contributed by atoms with E-state index in [-0.39, 0.29) is 43.1 Å². The first-order valence-corrected chi connectivity index (χ1v) is 25.4. The zero-order valence-corrected chi connectivity index (χ0v) is 43.4. The van der Waals surface area contributed by atoms with Crippen LogP contribution in [0.1, 0.15) is 113 Å². The van der Waals surface area contributed by atoms with E-state index in [1.54, 1.807) is 60.6 Å². The molecule has 2 aliphatic heterocycles. The fourth-order valence-corrected chi connectivity index (χ4v) is 9.28. The third-order valence-electron chi connectivity index (χ3n) is 12.2. The predicted octanol–water partition coefficient (Wildman–Crippen LogP) is 5.17. The van der Waals surface area contributed by atoms with Gasteiger partial charge < -0.3 is 45.9 Å². The third-order valence-corrected chi connectivity index (χ3v) is 13.8. The second-order valence-electron chi connectivity index (χ2n) is 19.9. The molecule has 5 amide bonds. The Labute approximate surface area is 425 Å². The highest BCUT2D eigenvalue weighted by molar-refractivity contribution is 7.72. The van der Waals surface area contributed by atoms with Gasteiger partial charge in [-0.15, -0.1) is 6.42 Å². The monoisotopic (exact) mass is 1030 g/mol. The van der Waals surface area contributed by atoms with Crippen LogP contribution in [0, 0.1) is 23.2 Å². The molecule has 3 heterocycles. The highest BCUT2D eigenvalue weighted by atomic mass is 31.2. The van der Waals surface area contributed by atoms with Crippen molar-refractivity contribution in [3.05, 3.63) is 95.2 Å². The van der Waals surface area contributed by atoms with Crippen molar-refractivity contribution in [1.29, 1.82) is 0 Å². The van der Waals surface area contributed by atoms with Crippen LogP contribution < -0.4 is 21.7 Å². The Morgan fingerprint density at radius 3 is 2.15 bits per heavy atom. The molecule has 0 bridgehead atoms. The van der Waals surface area contributed by atoms with Crippen molar-refractivity contribution >= 4 is 65.5 Å². The molecule has 2 fully saturated rings. The Bertz CT molecular complexity index is 2680. The Morgan fingerprint density at radius 2 is 1.56 bits per heavy atom. The number of nitrogens with zero attached hydrogens (tertiary/aromatic N) is 2. The normalized spacial score (nSPS) is 18.7. The van der Waals surface area contributed by atoms with E-state index in [1.165, 1.54) is 35.2 Å². The molecular formula is C52H66N7O13P. The van der Waals surface area contributed by atoms with E-state index < -0.39 is 103 Å². The van der Waals surface area contributed by atoms with Crippen molar-refractivity contribution in [2.24, 2.45) is 16.6 Å². The van der Waals surface area contributed by atoms with Crippen molar-refractivity contribution in [2.75, 3.05) is 33.7 Å². The van der Waals surface area contributed by atoms with E-state index in [4.69, 9.17) is 30.7 Å². The summed E-state index contributed by atoms with van der Waals surface area (Å²) in [6.45, 7) is 10.1. The molecule has 2 aromatic carbocycles. The Kier molecular flexibility index (Phi) is 19.3. The number of benzene rings is 2. The molecular weight excluding hydrogens is 962 g/mol. The standard InChI is InChI=1S/C52H66N7O13P/c1-10-12-16-32(11-2)43(33-17-14-13-15-18-33)57-44(61)38(22-24-42(53)60)55-46(63)41-23-20-36-25-26-58(9)29-40(47(64)59(36)41)56-45(62)39-28-35-27-34(19-21-37(35)54-39)48(65)73(68,71-30-69-49(66)51(3,4)5)72-31-70-50(67)52(6,7)8/h1,11-19,21,27-28,36,38,40-41,43,54H,20,22-26,29-31H2,2-9H3,(H2,53,60)(H,55,63)(H,56,62)(H,57,61)/b16-12-,32-11+/t36-,38+,40+,41+,43?/m1/s1. The van der Waals surface area contributed by atoms with Crippen LogP contribution in [0.4, 0.5) is 0 Å². The number of carbonyl (C=O) groups is 8. The molecule has 0 spiro atoms. The van der Waals surface area contributed by atoms with E-state index in [1.807, 2.05) is 42.3 Å². The molecule has 6 N–H and O–H groups in total. The minimum absolute atomic E-state index is 0.00351. The number of aromatic nitrogens is 1. The predicted molar refractivity (Wildman–Crippen MR) is 270 cm³/mol. The van der Waals surface area contributed by atoms with Crippen LogP contribution in [0.2, 0.25) is 0 Å². The highest BCUT2D eigenvalue weighted by Crippen LogP contribution is 2.51. The molecule has 2 saturated heterocycles. The van der Waals surface area contributed by atoms with Crippen molar-refractivity contribution in [3.63, 3.8) is 0 Å². The van der Waals surface area contributed by atoms with Crippen LogP contribution in [0.3, 0.4) is 0 Å². The van der Waals surface area contributed by atoms with Crippen LogP contribution >= 0.6 is 7.60 Å². The summed E-state index contributed by atoms with van der Waals surface area (Å²) in [4.78, 5) is 114. The molecule has 0 radical (unpaired) electrons. The number of fused-ring (bicyclic) bond motifs is 2. The second-order valence-corrected chi connectivity index (χ2v) is 21.8. The van der Waals surface area contributed by atoms with Gasteiger partial charge in [-0.2, -0.15) is 0 Å². The van der Waals surface area contributed by atoms with Crippen LogP contribution in [0.25, 0.3) is 10.9 Å². The zero-order valence-electron chi connectivity index (χ0n) is 42.5. The SMILES string of the molecule is C#C/C=C\C(=C/C)C(NC(=O)[C@H](CCC(N)=O)NC(=O)[C@@H]1CC[C@@H]2CCN(C)C[C@H](NC(=O)c3cc4cc(C(=O)P(=O)(OCOC(=O)C(C)(C)C)OCOC(=O)C(C)(C)C)ccc4[nH]3)C(=O)N21)c1ccccc1. The van der Waals surface area contributed by atoms with E-state index >= 15 is 0 Å². The lowest BCUT2D eigenvalue weighted by Crippen LogP contribution is -2.61. The summed E-state index contributed by atoms with van der Waals surface area (Å²) < 4.78 is 34.7. The maximum absolute atomic E-state index is 14.6. The number of hydrogen-bond acceptors (Lipinski definition) is 14. The average molecular weight is 1030 g/mol. The first-order chi connectivity index (χ1) is 34.4. The third kappa shape index (κ3) is 15.1. The number of amides is 5. The van der Waals surface area contributed by atoms with Crippen molar-refractivity contribution in [2.45, 2.75) is 111 Å². The number of esters is 2. The van der Waals surface area contributed by atoms with Gasteiger partial charge in [0.15, 0.2) is 0 Å². The average Bonchev–Trinajstić information content (AvgIpc) is 3.97. The molecule has 392 valence electrons. The minimum atomic E-state index is -4.86. The molecule has 0 saturated carbocycles. The molecule has 0 aliphatic carbocycles. The van der Waals surface area contributed by atoms with Crippen LogP contribution in [0.5, 0.6) is 0 Å². The second kappa shape index (κ2) is 24.7. The van der Waals surface area contributed by atoms with E-state index in [0.717, 1.165) is 5.56 Å². The molecule has 20 nitrogen and oxygen atoms in total. The van der Waals surface area contributed by atoms with Gasteiger partial charge in [-0.25, -0.2) is 0 Å². The summed E-state index contributed by atoms with van der Waals surface area (Å²) in [5.41, 5.74) is 4.04. The number of nitrogens with two attached hydrogens (primary N) is 1. The molecule has 21 heteroatoms. The number of rotatable bonds is 20. The first kappa shape index (κ1) is 57.0. The maximum atomic E-state index is 14.6. The van der Waals surface area contributed by atoms with Crippen molar-refractivity contribution < 1.29 is 61.4 Å². The fourth-order valence-electron chi connectivity index (χ4n) is 8.14. The van der Waals surface area contributed by atoms with Crippen LogP contribution in [0.15, 0.2) is 78.4 Å². The number of carbonyl (C=O) groups excluding carboxylic acids is 8. The topological polar surface area (TPSA) is 275 Å². The number of hydrogen-bond donors (Lipinski definition) is 5. The number of nitrogens with one attached hydrogen (secondary N) is 4. The molecule has 73 heavy (non-hydrogen) atoms. The quantitative estimate of drug-likeness (QED) is 0.0322. The summed E-state index contributed by atoms with van der Waals surface area (Å²) >= 11 is 0. The summed E-state index contributed by atoms with van der Waals surface area (Å²) in [7, 11) is -3.05. The molecule has 2 aliphatic rings. The maximum Gasteiger partial charge on any atom is 0.407 e. The lowest BCUT2D eigenvalue weighted by Gasteiger charge is -2.38. The highest BCUT2D eigenvalue weighted by Gasteiger charge is 2.46. The summed E-state index contributed by atoms with van der Waals surface area (Å²) in [6.07, 6.45) is 11.4. The number of ether oxygens (including phenoxy) is 2. The molecule has 3 aromatic rings. The first-order valence-electron chi connectivity index (χ1n) is 23.8. The Balaban J connectivity index is 1.35. The number of terminal acetylenes is 1. The van der Waals surface area contributed by atoms with Gasteiger partial charge in [0.05, 0.1) is 16.9 Å². The fraction of sp³-hybridized carbons (Fsp3) is 0.462. The number of H-pyrrole nitrogens is 1. The summed E-state index contributed by atoms with van der Waals surface area (Å²) in [6, 6.07) is 10.2. The smallest absolute Gasteiger partial charge is 0.407 e. The van der Waals surface area contributed by atoms with Gasteiger partial charge in [0, 0.05) is 35.5 Å². The van der Waals surface area contributed by atoms with Crippen LogP contribution in [-0.4, -0.2) is 120 Å². The van der Waals surface area contributed by atoms with E-state index in [9.17, 15) is 42.9 Å². The number of likely N-dealkylation sites (N-methyl/N-ethyl adjacent to an activating group) is 1. The Morgan fingerprint density at radius 1 is 0.918 bits per heavy atom. The summed E-state index contributed by atoms with van der Waals surface area (Å²) in [5.74, 6) is -2.09. The molecule has 5 atom stereocenters. The lowest BCUT2D eigenvalue weighted by molar-refractivity contribution is -0.162. The number of aromatic amines is 1. The van der Waals surface area contributed by atoms with Gasteiger partial charge in [-0.1, -0.05) is 42.3 Å². The van der Waals surface area contributed by atoms with Crippen molar-refractivity contribution in [3.8, 4) is 12.3 Å². The van der Waals surface area contributed by atoms with Gasteiger partial charge in [0.1, 0.15) is 23.8 Å². The van der Waals surface area contributed by atoms with Gasteiger partial charge in [0.2, 0.25) is 37.2 Å². The molecule has 5 rings (SSSR count). The molecule has 1 unspecified atom stereocenters. The summed E-state index contributed by atoms with van der Waals surface area (Å²) in [5, 5.41) is 8.93. The zero-order chi connectivity index (χ0) is 53.8. The van der Waals surface area contributed by atoms with Gasteiger partial charge in [0.25, 0.3) is 11.4 Å². The van der Waals surface area contributed by atoms with Gasteiger partial charge in [-0.3, -0.25) is 52.0 Å². The Hall–Kier alpha value is -6.91. The lowest BCUT2D eigenvalue weighted by atomic mass is 9.97. The largest absolute Gasteiger partial charge is 0.438 e. The van der Waals surface area contributed by atoms with E-state index in [0.29, 0.717) is 35.9 Å². The molecule has 1 aromatic heterocycles. The van der Waals surface area contributed by atoms with Crippen molar-refractivity contribution in [1.82, 2.24) is 30.7 Å². The van der Waals surface area contributed by atoms with Crippen LogP contribution in [-0.2, 0) is 51.9 Å².